The average Bonchev–Trinajstić information content (AvgIpc) is 3.61. The fourth-order valence-corrected chi connectivity index (χ4v) is 7.67. The number of hydrazone groups is 1. The summed E-state index contributed by atoms with van der Waals surface area (Å²) in [6.07, 6.45) is 2.86. The van der Waals surface area contributed by atoms with E-state index < -0.39 is 38.5 Å². The number of carbonyl (C=O) groups is 2. The summed E-state index contributed by atoms with van der Waals surface area (Å²) in [5, 5.41) is 6.65. The molecule has 0 radical (unpaired) electrons. The number of hydrogen-bond donors (Lipinski definition) is 2. The number of nitrogens with zero attached hydrogens (tertiary/aromatic N) is 3. The molecule has 1 fully saturated rings. The maximum Gasteiger partial charge on any atom is 0.259 e. The van der Waals surface area contributed by atoms with Crippen LogP contribution in [0, 0.1) is 0 Å². The van der Waals surface area contributed by atoms with Crippen LogP contribution in [0.25, 0.3) is 0 Å². The van der Waals surface area contributed by atoms with Crippen molar-refractivity contribution in [3.8, 4) is 5.75 Å². The second-order valence-electron chi connectivity index (χ2n) is 10.1. The summed E-state index contributed by atoms with van der Waals surface area (Å²) < 4.78 is 66.5. The molecule has 2 heterocycles. The van der Waals surface area contributed by atoms with E-state index in [1.807, 2.05) is 0 Å². The third kappa shape index (κ3) is 7.87. The van der Waals surface area contributed by atoms with Crippen LogP contribution in [0.2, 0.25) is 0 Å². The normalized spacial score (nSPS) is 16.2. The number of rotatable bonds is 12. The highest BCUT2D eigenvalue weighted by Crippen LogP contribution is 2.25. The summed E-state index contributed by atoms with van der Waals surface area (Å²) in [6, 6.07) is 23.9. The van der Waals surface area contributed by atoms with Gasteiger partial charge in [-0.15, -0.1) is 0 Å². The smallest absolute Gasteiger partial charge is 0.259 e. The average molecular weight is 666 g/mol. The van der Waals surface area contributed by atoms with Crippen LogP contribution in [0.3, 0.4) is 0 Å². The van der Waals surface area contributed by atoms with Gasteiger partial charge in [0.05, 0.1) is 28.8 Å². The first-order valence-electron chi connectivity index (χ1n) is 14.1. The van der Waals surface area contributed by atoms with Crippen molar-refractivity contribution in [3.05, 3.63) is 115 Å². The first-order chi connectivity index (χ1) is 22.1. The van der Waals surface area contributed by atoms with Gasteiger partial charge in [-0.2, -0.15) is 13.7 Å². The van der Waals surface area contributed by atoms with E-state index in [9.17, 15) is 26.4 Å². The van der Waals surface area contributed by atoms with E-state index in [1.54, 1.807) is 72.8 Å². The van der Waals surface area contributed by atoms with Crippen molar-refractivity contribution in [2.45, 2.75) is 22.4 Å². The molecule has 1 unspecified atom stereocenters. The monoisotopic (exact) mass is 665 g/mol. The van der Waals surface area contributed by atoms with Crippen LogP contribution in [-0.4, -0.2) is 75.8 Å². The maximum absolute atomic E-state index is 13.5. The topological polar surface area (TPSA) is 168 Å². The maximum atomic E-state index is 13.5. The van der Waals surface area contributed by atoms with Crippen molar-refractivity contribution in [2.24, 2.45) is 5.10 Å². The second-order valence-corrected chi connectivity index (χ2v) is 13.9. The Balaban J connectivity index is 1.24. The van der Waals surface area contributed by atoms with Crippen LogP contribution in [0.15, 0.2) is 123 Å². The van der Waals surface area contributed by atoms with E-state index in [0.29, 0.717) is 17.1 Å². The first-order valence-corrected chi connectivity index (χ1v) is 17.0. The molecule has 1 aliphatic heterocycles. The van der Waals surface area contributed by atoms with Gasteiger partial charge in [-0.25, -0.2) is 22.3 Å². The van der Waals surface area contributed by atoms with Gasteiger partial charge in [-0.05, 0) is 66.2 Å². The molecular formula is C31H31N5O8S2. The minimum absolute atomic E-state index is 0.0204. The lowest BCUT2D eigenvalue weighted by molar-refractivity contribution is -0.126. The van der Waals surface area contributed by atoms with Gasteiger partial charge in [-0.3, -0.25) is 9.59 Å². The van der Waals surface area contributed by atoms with Gasteiger partial charge in [0.1, 0.15) is 17.6 Å². The lowest BCUT2D eigenvalue weighted by Crippen LogP contribution is -2.60. The molecule has 1 saturated heterocycles. The highest BCUT2D eigenvalue weighted by atomic mass is 32.2. The van der Waals surface area contributed by atoms with Gasteiger partial charge in [0, 0.05) is 19.6 Å². The molecule has 3 aromatic carbocycles. The molecule has 4 aromatic rings. The largest absolute Gasteiger partial charge is 0.484 e. The lowest BCUT2D eigenvalue weighted by atomic mass is 10.2. The molecule has 240 valence electrons. The van der Waals surface area contributed by atoms with Crippen molar-refractivity contribution in [1.82, 2.24) is 19.4 Å². The fourth-order valence-electron chi connectivity index (χ4n) is 4.62. The highest BCUT2D eigenvalue weighted by Gasteiger charge is 2.43. The highest BCUT2D eigenvalue weighted by molar-refractivity contribution is 7.89. The quantitative estimate of drug-likeness (QED) is 0.172. The Labute approximate surface area is 266 Å². The molecule has 0 aliphatic carbocycles. The third-order valence-corrected chi connectivity index (χ3v) is 10.8. The molecule has 0 bridgehead atoms. The van der Waals surface area contributed by atoms with Crippen molar-refractivity contribution >= 4 is 38.1 Å². The molecule has 0 saturated carbocycles. The van der Waals surface area contributed by atoms with Gasteiger partial charge >= 0.3 is 0 Å². The van der Waals surface area contributed by atoms with Gasteiger partial charge in [0.25, 0.3) is 11.8 Å². The van der Waals surface area contributed by atoms with Crippen LogP contribution in [0.5, 0.6) is 5.75 Å². The molecule has 0 spiro atoms. The minimum Gasteiger partial charge on any atom is -0.484 e. The molecule has 2 N–H and O–H groups in total. The molecule has 13 nitrogen and oxygen atoms in total. The van der Waals surface area contributed by atoms with Crippen LogP contribution in [-0.2, 0) is 36.2 Å². The predicted octanol–water partition coefficient (Wildman–Crippen LogP) is 2.19. The van der Waals surface area contributed by atoms with Crippen LogP contribution in [0.4, 0.5) is 0 Å². The zero-order valence-electron chi connectivity index (χ0n) is 24.4. The number of hydrogen-bond acceptors (Lipinski definition) is 9. The van der Waals surface area contributed by atoms with E-state index in [-0.39, 0.29) is 41.9 Å². The Bertz CT molecular complexity index is 1870. The van der Waals surface area contributed by atoms with Crippen molar-refractivity contribution in [2.75, 3.05) is 26.2 Å². The summed E-state index contributed by atoms with van der Waals surface area (Å²) in [7, 11) is -8.15. The second kappa shape index (κ2) is 14.5. The number of piperazine rings is 1. The Hall–Kier alpha value is -4.83. The summed E-state index contributed by atoms with van der Waals surface area (Å²) in [5.74, 6) is -0.0826. The molecular weight excluding hydrogens is 635 g/mol. The van der Waals surface area contributed by atoms with E-state index in [1.165, 1.54) is 36.7 Å². The zero-order valence-corrected chi connectivity index (χ0v) is 26.1. The number of furan rings is 1. The van der Waals surface area contributed by atoms with Crippen molar-refractivity contribution in [3.63, 3.8) is 0 Å². The van der Waals surface area contributed by atoms with E-state index in [4.69, 9.17) is 9.15 Å². The molecule has 1 aliphatic rings. The van der Waals surface area contributed by atoms with E-state index in [2.05, 4.69) is 15.8 Å². The molecule has 5 rings (SSSR count). The van der Waals surface area contributed by atoms with Crippen LogP contribution >= 0.6 is 0 Å². The van der Waals surface area contributed by atoms with E-state index >= 15 is 0 Å². The van der Waals surface area contributed by atoms with Crippen LogP contribution in [0.1, 0.15) is 11.3 Å². The zero-order chi connectivity index (χ0) is 32.6. The molecule has 2 amide bonds. The number of nitrogens with one attached hydrogen (secondary N) is 2. The Morgan fingerprint density at radius 1 is 0.848 bits per heavy atom. The first kappa shape index (κ1) is 32.6. The Morgan fingerprint density at radius 2 is 1.50 bits per heavy atom. The van der Waals surface area contributed by atoms with Gasteiger partial charge in [0.15, 0.2) is 6.61 Å². The number of sulfonamides is 2. The molecule has 1 atom stereocenters. The standard InChI is InChI=1S/C31H31N5O8S2/c37-30(32-21-26-8-7-19-43-26)23-44-25-15-13-24(14-16-25)20-33-34-31(38)29-22-35(45(39,40)27-9-3-1-4-10-27)17-18-36(29)46(41,42)28-11-5-2-6-12-28/h1-16,19-20,29H,17-18,21-23H2,(H,32,37)(H,34,38)/b33-20+. The third-order valence-electron chi connectivity index (χ3n) is 7.01. The predicted molar refractivity (Wildman–Crippen MR) is 168 cm³/mol. The lowest BCUT2D eigenvalue weighted by Gasteiger charge is -2.38. The summed E-state index contributed by atoms with van der Waals surface area (Å²) in [6.45, 7) is -0.755. The van der Waals surface area contributed by atoms with Crippen molar-refractivity contribution in [1.29, 1.82) is 0 Å². The summed E-state index contributed by atoms with van der Waals surface area (Å²) in [4.78, 5) is 25.4. The van der Waals surface area contributed by atoms with Crippen molar-refractivity contribution < 1.29 is 35.6 Å². The number of benzene rings is 3. The van der Waals surface area contributed by atoms with E-state index in [0.717, 1.165) is 8.61 Å². The fraction of sp³-hybridized carbons (Fsp3) is 0.194. The Kier molecular flexibility index (Phi) is 10.3. The number of amides is 2. The van der Waals surface area contributed by atoms with Gasteiger partial charge in [-0.1, -0.05) is 36.4 Å². The molecule has 15 heteroatoms. The summed E-state index contributed by atoms with van der Waals surface area (Å²) >= 11 is 0. The number of ether oxygens (including phenoxy) is 1. The van der Waals surface area contributed by atoms with Crippen LogP contribution < -0.4 is 15.5 Å². The summed E-state index contributed by atoms with van der Waals surface area (Å²) in [5.41, 5.74) is 2.93. The SMILES string of the molecule is O=C(COc1ccc(/C=N/NC(=O)C2CN(S(=O)(=O)c3ccccc3)CCN2S(=O)(=O)c2ccccc2)cc1)NCc1ccco1. The molecule has 46 heavy (non-hydrogen) atoms. The van der Waals surface area contributed by atoms with Gasteiger partial charge in [0.2, 0.25) is 20.0 Å². The van der Waals surface area contributed by atoms with Gasteiger partial charge < -0.3 is 14.5 Å². The number of carbonyl (C=O) groups excluding carboxylic acids is 2. The molecule has 1 aromatic heterocycles. The minimum atomic E-state index is -4.15. The Morgan fingerprint density at radius 3 is 2.13 bits per heavy atom.